The monoisotopic (exact) mass is 324 g/mol. The maximum absolute atomic E-state index is 5.75. The van der Waals surface area contributed by atoms with Crippen molar-refractivity contribution in [3.63, 3.8) is 0 Å². The number of rotatable bonds is 9. The van der Waals surface area contributed by atoms with Crippen molar-refractivity contribution in [2.24, 2.45) is 0 Å². The molecular weight excluding hydrogens is 296 g/mol. The smallest absolute Gasteiger partial charge is 0.119 e. The Kier molecular flexibility index (Phi) is 5.92. The van der Waals surface area contributed by atoms with E-state index in [0.717, 1.165) is 18.6 Å². The highest BCUT2D eigenvalue weighted by Crippen LogP contribution is 2.23. The second kappa shape index (κ2) is 8.34. The topological polar surface area (TPSA) is 18.5 Å². The SMILES string of the molecule is CCCc1ccc(C)cc1Cc1ccc(OCCOC2CC2)cc1. The first-order valence-electron chi connectivity index (χ1n) is 9.16. The van der Waals surface area contributed by atoms with Crippen LogP contribution in [0.4, 0.5) is 0 Å². The zero-order valence-corrected chi connectivity index (χ0v) is 14.9. The molecular formula is C22H28O2. The predicted molar refractivity (Wildman–Crippen MR) is 98.9 cm³/mol. The lowest BCUT2D eigenvalue weighted by atomic mass is 9.95. The van der Waals surface area contributed by atoms with E-state index in [9.17, 15) is 0 Å². The van der Waals surface area contributed by atoms with Crippen molar-refractivity contribution in [3.05, 3.63) is 64.7 Å². The molecule has 1 saturated carbocycles. The minimum atomic E-state index is 0.502. The summed E-state index contributed by atoms with van der Waals surface area (Å²) in [6, 6.07) is 15.3. The summed E-state index contributed by atoms with van der Waals surface area (Å²) in [4.78, 5) is 0. The Hall–Kier alpha value is -1.80. The predicted octanol–water partition coefficient (Wildman–Crippen LogP) is 5.10. The first kappa shape index (κ1) is 17.0. The molecule has 2 heteroatoms. The number of hydrogen-bond acceptors (Lipinski definition) is 2. The average Bonchev–Trinajstić information content (AvgIpc) is 3.40. The maximum Gasteiger partial charge on any atom is 0.119 e. The molecule has 0 unspecified atom stereocenters. The van der Waals surface area contributed by atoms with Crippen LogP contribution in [-0.4, -0.2) is 19.3 Å². The molecule has 0 aromatic heterocycles. The lowest BCUT2D eigenvalue weighted by Crippen LogP contribution is -2.07. The van der Waals surface area contributed by atoms with E-state index in [-0.39, 0.29) is 0 Å². The van der Waals surface area contributed by atoms with Crippen LogP contribution in [0.25, 0.3) is 0 Å². The van der Waals surface area contributed by atoms with E-state index in [0.29, 0.717) is 19.3 Å². The summed E-state index contributed by atoms with van der Waals surface area (Å²) in [5.74, 6) is 0.927. The Balaban J connectivity index is 1.56. The lowest BCUT2D eigenvalue weighted by Gasteiger charge is -2.11. The summed E-state index contributed by atoms with van der Waals surface area (Å²) in [6.07, 6.45) is 6.26. The van der Waals surface area contributed by atoms with Gasteiger partial charge in [0, 0.05) is 0 Å². The van der Waals surface area contributed by atoms with Crippen molar-refractivity contribution in [1.29, 1.82) is 0 Å². The van der Waals surface area contributed by atoms with Crippen LogP contribution < -0.4 is 4.74 Å². The number of aryl methyl sites for hydroxylation is 2. The minimum absolute atomic E-state index is 0.502. The minimum Gasteiger partial charge on any atom is -0.491 e. The summed E-state index contributed by atoms with van der Waals surface area (Å²) >= 11 is 0. The first-order chi connectivity index (χ1) is 11.7. The van der Waals surface area contributed by atoms with E-state index < -0.39 is 0 Å². The van der Waals surface area contributed by atoms with Crippen molar-refractivity contribution in [1.82, 2.24) is 0 Å². The van der Waals surface area contributed by atoms with Crippen molar-refractivity contribution < 1.29 is 9.47 Å². The molecule has 1 aliphatic rings. The lowest BCUT2D eigenvalue weighted by molar-refractivity contribution is 0.0881. The van der Waals surface area contributed by atoms with E-state index in [4.69, 9.17) is 9.47 Å². The molecule has 128 valence electrons. The molecule has 0 radical (unpaired) electrons. The molecule has 2 aromatic rings. The van der Waals surface area contributed by atoms with Crippen LogP contribution >= 0.6 is 0 Å². The van der Waals surface area contributed by atoms with Crippen LogP contribution in [0.2, 0.25) is 0 Å². The quantitative estimate of drug-likeness (QED) is 0.598. The summed E-state index contributed by atoms with van der Waals surface area (Å²) in [5, 5.41) is 0. The van der Waals surface area contributed by atoms with Crippen LogP contribution in [-0.2, 0) is 17.6 Å². The van der Waals surface area contributed by atoms with Crippen molar-refractivity contribution in [3.8, 4) is 5.75 Å². The fraction of sp³-hybridized carbons (Fsp3) is 0.455. The van der Waals surface area contributed by atoms with Gasteiger partial charge in [-0.1, -0.05) is 49.2 Å². The third-order valence-electron chi connectivity index (χ3n) is 4.43. The van der Waals surface area contributed by atoms with Gasteiger partial charge in [0.25, 0.3) is 0 Å². The van der Waals surface area contributed by atoms with Gasteiger partial charge in [0.05, 0.1) is 12.7 Å². The Bertz CT molecular complexity index is 642. The summed E-state index contributed by atoms with van der Waals surface area (Å²) in [5.41, 5.74) is 5.59. The molecule has 0 spiro atoms. The molecule has 1 aliphatic carbocycles. The van der Waals surface area contributed by atoms with E-state index in [1.54, 1.807) is 0 Å². The Morgan fingerprint density at radius 1 is 0.958 bits per heavy atom. The fourth-order valence-electron chi connectivity index (χ4n) is 2.96. The molecule has 0 saturated heterocycles. The highest BCUT2D eigenvalue weighted by Gasteiger charge is 2.21. The molecule has 0 atom stereocenters. The normalized spacial score (nSPS) is 13.9. The van der Waals surface area contributed by atoms with Crippen LogP contribution in [0.5, 0.6) is 5.75 Å². The molecule has 2 nitrogen and oxygen atoms in total. The van der Waals surface area contributed by atoms with E-state index >= 15 is 0 Å². The average molecular weight is 324 g/mol. The summed E-state index contributed by atoms with van der Waals surface area (Å²) in [6.45, 7) is 5.73. The van der Waals surface area contributed by atoms with Gasteiger partial charge in [-0.05, 0) is 61.4 Å². The van der Waals surface area contributed by atoms with E-state index in [1.807, 2.05) is 0 Å². The highest BCUT2D eigenvalue weighted by molar-refractivity contribution is 5.37. The number of hydrogen-bond donors (Lipinski definition) is 0. The Morgan fingerprint density at radius 2 is 1.75 bits per heavy atom. The molecule has 2 aromatic carbocycles. The van der Waals surface area contributed by atoms with Crippen LogP contribution in [0.3, 0.4) is 0 Å². The Morgan fingerprint density at radius 3 is 2.46 bits per heavy atom. The highest BCUT2D eigenvalue weighted by atomic mass is 16.5. The molecule has 0 N–H and O–H groups in total. The van der Waals surface area contributed by atoms with Gasteiger partial charge < -0.3 is 9.47 Å². The zero-order chi connectivity index (χ0) is 16.8. The van der Waals surface area contributed by atoms with Gasteiger partial charge in [0.15, 0.2) is 0 Å². The summed E-state index contributed by atoms with van der Waals surface area (Å²) < 4.78 is 11.3. The third kappa shape index (κ3) is 5.10. The number of ether oxygens (including phenoxy) is 2. The van der Waals surface area contributed by atoms with Gasteiger partial charge in [-0.2, -0.15) is 0 Å². The van der Waals surface area contributed by atoms with Crippen LogP contribution in [0, 0.1) is 6.92 Å². The zero-order valence-electron chi connectivity index (χ0n) is 14.9. The summed E-state index contributed by atoms with van der Waals surface area (Å²) in [7, 11) is 0. The fourth-order valence-corrected chi connectivity index (χ4v) is 2.96. The second-order valence-corrected chi connectivity index (χ2v) is 6.76. The maximum atomic E-state index is 5.75. The molecule has 0 heterocycles. The van der Waals surface area contributed by atoms with E-state index in [2.05, 4.69) is 56.3 Å². The molecule has 3 rings (SSSR count). The molecule has 0 aliphatic heterocycles. The molecule has 24 heavy (non-hydrogen) atoms. The largest absolute Gasteiger partial charge is 0.491 e. The van der Waals surface area contributed by atoms with Crippen molar-refractivity contribution >= 4 is 0 Å². The van der Waals surface area contributed by atoms with Crippen molar-refractivity contribution in [2.75, 3.05) is 13.2 Å². The molecule has 0 bridgehead atoms. The van der Waals surface area contributed by atoms with Gasteiger partial charge >= 0.3 is 0 Å². The molecule has 1 fully saturated rings. The first-order valence-corrected chi connectivity index (χ1v) is 9.16. The van der Waals surface area contributed by atoms with Crippen molar-refractivity contribution in [2.45, 2.75) is 52.1 Å². The van der Waals surface area contributed by atoms with Gasteiger partial charge in [-0.15, -0.1) is 0 Å². The van der Waals surface area contributed by atoms with Gasteiger partial charge in [-0.25, -0.2) is 0 Å². The second-order valence-electron chi connectivity index (χ2n) is 6.76. The van der Waals surface area contributed by atoms with Gasteiger partial charge in [0.2, 0.25) is 0 Å². The molecule has 0 amide bonds. The van der Waals surface area contributed by atoms with E-state index in [1.165, 1.54) is 41.5 Å². The van der Waals surface area contributed by atoms with Gasteiger partial charge in [0.1, 0.15) is 12.4 Å². The standard InChI is InChI=1S/C22H28O2/c1-3-4-19-8-5-17(2)15-20(19)16-18-6-9-21(10-7-18)23-13-14-24-22-11-12-22/h5-10,15,22H,3-4,11-14,16H2,1-2H3. The van der Waals surface area contributed by atoms with Gasteiger partial charge in [-0.3, -0.25) is 0 Å². The number of benzene rings is 2. The Labute approximate surface area is 145 Å². The van der Waals surface area contributed by atoms with Crippen LogP contribution in [0.15, 0.2) is 42.5 Å². The van der Waals surface area contributed by atoms with Crippen LogP contribution in [0.1, 0.15) is 48.4 Å². The third-order valence-corrected chi connectivity index (χ3v) is 4.43.